The van der Waals surface area contributed by atoms with Crippen LogP contribution >= 0.6 is 0 Å². The molecule has 2 heterocycles. The first kappa shape index (κ1) is 19.6. The van der Waals surface area contributed by atoms with Gasteiger partial charge in [0.15, 0.2) is 5.79 Å². The lowest BCUT2D eigenvalue weighted by Crippen LogP contribution is -2.48. The van der Waals surface area contributed by atoms with E-state index >= 15 is 0 Å². The van der Waals surface area contributed by atoms with Crippen molar-refractivity contribution in [3.05, 3.63) is 71.8 Å². The molecule has 0 N–H and O–H groups in total. The van der Waals surface area contributed by atoms with Gasteiger partial charge in [-0.15, -0.1) is 0 Å². The van der Waals surface area contributed by atoms with E-state index in [0.29, 0.717) is 6.04 Å². The SMILES string of the molecule is CC1(CCCN2CCN(C(c3ccccc3)c3ccccc3)CC2)OCCO1. The van der Waals surface area contributed by atoms with Gasteiger partial charge in [-0.05, 0) is 31.0 Å². The molecule has 4 heteroatoms. The third-order valence-corrected chi connectivity index (χ3v) is 6.01. The molecule has 0 saturated carbocycles. The Morgan fingerprint density at radius 2 is 1.36 bits per heavy atom. The highest BCUT2D eigenvalue weighted by Gasteiger charge is 2.31. The van der Waals surface area contributed by atoms with E-state index in [2.05, 4.69) is 77.4 Å². The third-order valence-electron chi connectivity index (χ3n) is 6.01. The van der Waals surface area contributed by atoms with Crippen LogP contribution in [0.2, 0.25) is 0 Å². The van der Waals surface area contributed by atoms with E-state index in [9.17, 15) is 0 Å². The second kappa shape index (κ2) is 9.19. The first-order valence-electron chi connectivity index (χ1n) is 10.6. The maximum atomic E-state index is 5.73. The van der Waals surface area contributed by atoms with Crippen LogP contribution in [0.4, 0.5) is 0 Å². The molecule has 0 aromatic heterocycles. The normalized spacial score (nSPS) is 20.6. The van der Waals surface area contributed by atoms with Crippen molar-refractivity contribution in [1.29, 1.82) is 0 Å². The van der Waals surface area contributed by atoms with Crippen LogP contribution in [0.1, 0.15) is 36.9 Å². The van der Waals surface area contributed by atoms with Crippen LogP contribution in [0.15, 0.2) is 60.7 Å². The molecule has 2 saturated heterocycles. The Kier molecular flexibility index (Phi) is 6.43. The molecule has 0 unspecified atom stereocenters. The van der Waals surface area contributed by atoms with Crippen molar-refractivity contribution < 1.29 is 9.47 Å². The molecule has 2 aromatic rings. The molecule has 2 aromatic carbocycles. The van der Waals surface area contributed by atoms with E-state index < -0.39 is 0 Å². The van der Waals surface area contributed by atoms with Crippen LogP contribution in [0, 0.1) is 0 Å². The Hall–Kier alpha value is -1.72. The van der Waals surface area contributed by atoms with E-state index in [1.165, 1.54) is 11.1 Å². The number of ether oxygens (including phenoxy) is 2. The van der Waals surface area contributed by atoms with Crippen molar-refractivity contribution in [2.24, 2.45) is 0 Å². The first-order valence-corrected chi connectivity index (χ1v) is 10.6. The number of rotatable bonds is 7. The minimum Gasteiger partial charge on any atom is -0.348 e. The minimum absolute atomic E-state index is 0.337. The summed E-state index contributed by atoms with van der Waals surface area (Å²) in [6.45, 7) is 9.09. The fourth-order valence-electron chi connectivity index (χ4n) is 4.45. The molecule has 28 heavy (non-hydrogen) atoms. The molecule has 4 rings (SSSR count). The summed E-state index contributed by atoms with van der Waals surface area (Å²) < 4.78 is 11.5. The van der Waals surface area contributed by atoms with Gasteiger partial charge in [-0.1, -0.05) is 60.7 Å². The summed E-state index contributed by atoms with van der Waals surface area (Å²) >= 11 is 0. The Labute approximate surface area is 169 Å². The summed E-state index contributed by atoms with van der Waals surface area (Å²) in [5, 5.41) is 0. The Balaban J connectivity index is 1.34. The van der Waals surface area contributed by atoms with Crippen molar-refractivity contribution in [2.75, 3.05) is 45.9 Å². The molecule has 4 nitrogen and oxygen atoms in total. The third kappa shape index (κ3) is 4.81. The minimum atomic E-state index is -0.354. The van der Waals surface area contributed by atoms with Crippen LogP contribution in [0.5, 0.6) is 0 Å². The summed E-state index contributed by atoms with van der Waals surface area (Å²) in [7, 11) is 0. The molecule has 2 fully saturated rings. The van der Waals surface area contributed by atoms with Gasteiger partial charge in [-0.25, -0.2) is 0 Å². The molecule has 0 amide bonds. The van der Waals surface area contributed by atoms with Gasteiger partial charge in [0.2, 0.25) is 0 Å². The van der Waals surface area contributed by atoms with Crippen LogP contribution in [-0.4, -0.2) is 61.5 Å². The number of hydrogen-bond donors (Lipinski definition) is 0. The smallest absolute Gasteiger partial charge is 0.165 e. The lowest BCUT2D eigenvalue weighted by Gasteiger charge is -2.40. The predicted molar refractivity (Wildman–Crippen MR) is 112 cm³/mol. The highest BCUT2D eigenvalue weighted by Crippen LogP contribution is 2.30. The maximum absolute atomic E-state index is 5.73. The zero-order valence-electron chi connectivity index (χ0n) is 16.9. The largest absolute Gasteiger partial charge is 0.348 e. The number of hydrogen-bond acceptors (Lipinski definition) is 4. The van der Waals surface area contributed by atoms with Crippen molar-refractivity contribution >= 4 is 0 Å². The summed E-state index contributed by atoms with van der Waals surface area (Å²) in [6.07, 6.45) is 2.10. The van der Waals surface area contributed by atoms with E-state index in [0.717, 1.165) is 58.8 Å². The van der Waals surface area contributed by atoms with Gasteiger partial charge in [-0.2, -0.15) is 0 Å². The number of benzene rings is 2. The van der Waals surface area contributed by atoms with Gasteiger partial charge < -0.3 is 14.4 Å². The fourth-order valence-corrected chi connectivity index (χ4v) is 4.45. The maximum Gasteiger partial charge on any atom is 0.165 e. The molecular weight excluding hydrogens is 348 g/mol. The molecule has 0 spiro atoms. The second-order valence-corrected chi connectivity index (χ2v) is 8.04. The number of nitrogens with zero attached hydrogens (tertiary/aromatic N) is 2. The Bertz CT molecular complexity index is 668. The van der Waals surface area contributed by atoms with Crippen molar-refractivity contribution in [3.8, 4) is 0 Å². The monoisotopic (exact) mass is 380 g/mol. The van der Waals surface area contributed by atoms with Gasteiger partial charge in [-0.3, -0.25) is 4.90 Å². The average molecular weight is 381 g/mol. The second-order valence-electron chi connectivity index (χ2n) is 8.04. The molecule has 0 aliphatic carbocycles. The highest BCUT2D eigenvalue weighted by atomic mass is 16.7. The number of piperazine rings is 1. The molecule has 0 radical (unpaired) electrons. The average Bonchev–Trinajstić information content (AvgIpc) is 3.17. The van der Waals surface area contributed by atoms with Crippen molar-refractivity contribution in [2.45, 2.75) is 31.6 Å². The van der Waals surface area contributed by atoms with E-state index in [1.807, 2.05) is 0 Å². The van der Waals surface area contributed by atoms with Gasteiger partial charge in [0.25, 0.3) is 0 Å². The molecule has 0 bridgehead atoms. The zero-order valence-corrected chi connectivity index (χ0v) is 16.9. The molecule has 0 atom stereocenters. The van der Waals surface area contributed by atoms with Crippen molar-refractivity contribution in [1.82, 2.24) is 9.80 Å². The summed E-state index contributed by atoms with van der Waals surface area (Å²) in [4.78, 5) is 5.22. The van der Waals surface area contributed by atoms with E-state index in [4.69, 9.17) is 9.47 Å². The molecule has 150 valence electrons. The van der Waals surface area contributed by atoms with Gasteiger partial charge in [0.1, 0.15) is 0 Å². The van der Waals surface area contributed by atoms with Gasteiger partial charge >= 0.3 is 0 Å². The van der Waals surface area contributed by atoms with E-state index in [-0.39, 0.29) is 5.79 Å². The van der Waals surface area contributed by atoms with Gasteiger partial charge in [0.05, 0.1) is 19.3 Å². The summed E-state index contributed by atoms with van der Waals surface area (Å²) in [5.41, 5.74) is 2.76. The molecule has 2 aliphatic heterocycles. The lowest BCUT2D eigenvalue weighted by atomic mass is 9.96. The van der Waals surface area contributed by atoms with E-state index in [1.54, 1.807) is 0 Å². The highest BCUT2D eigenvalue weighted by molar-refractivity contribution is 5.31. The summed E-state index contributed by atoms with van der Waals surface area (Å²) in [5.74, 6) is -0.354. The lowest BCUT2D eigenvalue weighted by molar-refractivity contribution is -0.148. The van der Waals surface area contributed by atoms with Crippen LogP contribution < -0.4 is 0 Å². The quantitative estimate of drug-likeness (QED) is 0.726. The molecule has 2 aliphatic rings. The van der Waals surface area contributed by atoms with Crippen LogP contribution in [0.25, 0.3) is 0 Å². The standard InChI is InChI=1S/C24H32N2O2/c1-24(27-19-20-28-24)13-8-14-25-15-17-26(18-16-25)23(21-9-4-2-5-10-21)22-11-6-3-7-12-22/h2-7,9-12,23H,8,13-20H2,1H3. The zero-order chi connectivity index (χ0) is 19.2. The Morgan fingerprint density at radius 3 is 1.89 bits per heavy atom. The first-order chi connectivity index (χ1) is 13.7. The summed E-state index contributed by atoms with van der Waals surface area (Å²) in [6, 6.07) is 22.2. The van der Waals surface area contributed by atoms with Crippen LogP contribution in [0.3, 0.4) is 0 Å². The molecular formula is C24H32N2O2. The van der Waals surface area contributed by atoms with Crippen LogP contribution in [-0.2, 0) is 9.47 Å². The van der Waals surface area contributed by atoms with Gasteiger partial charge in [0, 0.05) is 32.6 Å². The fraction of sp³-hybridized carbons (Fsp3) is 0.500. The Morgan fingerprint density at radius 1 is 0.821 bits per heavy atom. The predicted octanol–water partition coefficient (Wildman–Crippen LogP) is 3.94. The topological polar surface area (TPSA) is 24.9 Å². The van der Waals surface area contributed by atoms with Crippen molar-refractivity contribution in [3.63, 3.8) is 0 Å².